The van der Waals surface area contributed by atoms with Gasteiger partial charge in [0.05, 0.1) is 6.20 Å². The molecule has 0 saturated carbocycles. The minimum absolute atomic E-state index is 0.175. The molecule has 2 N–H and O–H groups in total. The number of amides is 1. The summed E-state index contributed by atoms with van der Waals surface area (Å²) in [5.41, 5.74) is 0.311. The maximum Gasteiger partial charge on any atom is 0.326 e. The highest BCUT2D eigenvalue weighted by Crippen LogP contribution is 2.20. The Balaban J connectivity index is 2.12. The number of benzene rings is 1. The zero-order valence-electron chi connectivity index (χ0n) is 13.5. The summed E-state index contributed by atoms with van der Waals surface area (Å²) in [6, 6.07) is 5.51. The number of nitrogens with one attached hydrogen (secondary N) is 1. The van der Waals surface area contributed by atoms with E-state index in [1.54, 1.807) is 25.1 Å². The topological polar surface area (TPSA) is 101 Å². The van der Waals surface area contributed by atoms with Crippen molar-refractivity contribution in [3.63, 3.8) is 0 Å². The quantitative estimate of drug-likeness (QED) is 0.809. The van der Waals surface area contributed by atoms with E-state index < -0.39 is 17.9 Å². The fourth-order valence-corrected chi connectivity index (χ4v) is 2.07. The summed E-state index contributed by atoms with van der Waals surface area (Å²) >= 11 is 0. The second-order valence-corrected chi connectivity index (χ2v) is 5.35. The Labute approximate surface area is 139 Å². The zero-order valence-corrected chi connectivity index (χ0v) is 13.5. The summed E-state index contributed by atoms with van der Waals surface area (Å²) in [4.78, 5) is 31.5. The van der Waals surface area contributed by atoms with Crippen LogP contribution in [-0.4, -0.2) is 33.0 Å². The van der Waals surface area contributed by atoms with Crippen molar-refractivity contribution < 1.29 is 19.4 Å². The van der Waals surface area contributed by atoms with Gasteiger partial charge in [0.25, 0.3) is 5.91 Å². The van der Waals surface area contributed by atoms with Crippen LogP contribution in [0.25, 0.3) is 0 Å². The van der Waals surface area contributed by atoms with Crippen molar-refractivity contribution in [3.05, 3.63) is 48.4 Å². The van der Waals surface area contributed by atoms with Crippen molar-refractivity contribution in [3.8, 4) is 11.6 Å². The van der Waals surface area contributed by atoms with Crippen LogP contribution in [0.2, 0.25) is 0 Å². The summed E-state index contributed by atoms with van der Waals surface area (Å²) in [5.74, 6) is -0.973. The van der Waals surface area contributed by atoms with Gasteiger partial charge in [0, 0.05) is 18.0 Å². The molecule has 126 valence electrons. The first-order valence-corrected chi connectivity index (χ1v) is 7.59. The zero-order chi connectivity index (χ0) is 17.5. The van der Waals surface area contributed by atoms with E-state index in [-0.39, 0.29) is 5.92 Å². The molecule has 0 spiro atoms. The van der Waals surface area contributed by atoms with Crippen LogP contribution < -0.4 is 10.1 Å². The van der Waals surface area contributed by atoms with Crippen molar-refractivity contribution in [2.24, 2.45) is 5.92 Å². The van der Waals surface area contributed by atoms with Crippen LogP contribution in [0.5, 0.6) is 11.6 Å². The first-order chi connectivity index (χ1) is 11.5. The Morgan fingerprint density at radius 3 is 2.75 bits per heavy atom. The Kier molecular flexibility index (Phi) is 5.83. The number of carbonyl (C=O) groups is 2. The van der Waals surface area contributed by atoms with Gasteiger partial charge in [-0.2, -0.15) is 0 Å². The van der Waals surface area contributed by atoms with E-state index in [0.29, 0.717) is 23.6 Å². The maximum absolute atomic E-state index is 12.3. The SMILES string of the molecule is CCC(C)C(NC(=O)c1cccc(Oc2cnccn2)c1)C(=O)O. The van der Waals surface area contributed by atoms with Crippen LogP contribution in [0.1, 0.15) is 30.6 Å². The molecule has 2 unspecified atom stereocenters. The van der Waals surface area contributed by atoms with Crippen molar-refractivity contribution in [1.29, 1.82) is 0 Å². The molecule has 1 amide bonds. The molecule has 0 saturated heterocycles. The van der Waals surface area contributed by atoms with Gasteiger partial charge in [0.1, 0.15) is 11.8 Å². The fraction of sp³-hybridized carbons (Fsp3) is 0.294. The first-order valence-electron chi connectivity index (χ1n) is 7.59. The molecule has 2 rings (SSSR count). The molecule has 7 nitrogen and oxygen atoms in total. The molecule has 24 heavy (non-hydrogen) atoms. The third kappa shape index (κ3) is 4.52. The van der Waals surface area contributed by atoms with Gasteiger partial charge in [-0.05, 0) is 24.1 Å². The van der Waals surface area contributed by atoms with Crippen LogP contribution in [0.15, 0.2) is 42.9 Å². The molecule has 1 aromatic carbocycles. The Hall–Kier alpha value is -2.96. The molecule has 0 aliphatic rings. The molecule has 0 bridgehead atoms. The van der Waals surface area contributed by atoms with Gasteiger partial charge in [0.2, 0.25) is 5.88 Å². The predicted octanol–water partition coefficient (Wildman–Crippen LogP) is 2.50. The van der Waals surface area contributed by atoms with E-state index in [1.165, 1.54) is 24.7 Å². The lowest BCUT2D eigenvalue weighted by atomic mass is 9.99. The Morgan fingerprint density at radius 1 is 1.33 bits per heavy atom. The van der Waals surface area contributed by atoms with Crippen LogP contribution in [0.4, 0.5) is 0 Å². The summed E-state index contributed by atoms with van der Waals surface area (Å²) in [6.45, 7) is 3.66. The Morgan fingerprint density at radius 2 is 2.12 bits per heavy atom. The second kappa shape index (κ2) is 8.05. The molecule has 0 radical (unpaired) electrons. The number of aromatic nitrogens is 2. The number of nitrogens with zero attached hydrogens (tertiary/aromatic N) is 2. The molecule has 0 aliphatic carbocycles. The number of ether oxygens (including phenoxy) is 1. The van der Waals surface area contributed by atoms with Gasteiger partial charge in [-0.1, -0.05) is 26.3 Å². The summed E-state index contributed by atoms with van der Waals surface area (Å²) in [7, 11) is 0. The standard InChI is InChI=1S/C17H19N3O4/c1-3-11(2)15(17(22)23)20-16(21)12-5-4-6-13(9-12)24-14-10-18-7-8-19-14/h4-11,15H,3H2,1-2H3,(H,20,21)(H,22,23). The lowest BCUT2D eigenvalue weighted by molar-refractivity contribution is -0.140. The molecule has 0 fully saturated rings. The molecular weight excluding hydrogens is 310 g/mol. The third-order valence-corrected chi connectivity index (χ3v) is 3.62. The van der Waals surface area contributed by atoms with E-state index >= 15 is 0 Å². The molecule has 2 aromatic rings. The fourth-order valence-electron chi connectivity index (χ4n) is 2.07. The first kappa shape index (κ1) is 17.4. The van der Waals surface area contributed by atoms with Crippen LogP contribution in [0.3, 0.4) is 0 Å². The number of hydrogen-bond acceptors (Lipinski definition) is 5. The van der Waals surface area contributed by atoms with Crippen LogP contribution in [-0.2, 0) is 4.79 Å². The minimum atomic E-state index is -1.05. The summed E-state index contributed by atoms with van der Waals surface area (Å²) in [5, 5.41) is 11.8. The smallest absolute Gasteiger partial charge is 0.326 e. The molecule has 0 aliphatic heterocycles. The average Bonchev–Trinajstić information content (AvgIpc) is 2.59. The number of hydrogen-bond donors (Lipinski definition) is 2. The number of rotatable bonds is 7. The van der Waals surface area contributed by atoms with Gasteiger partial charge in [-0.25, -0.2) is 9.78 Å². The molecule has 2 atom stereocenters. The molecule has 1 aromatic heterocycles. The van der Waals surface area contributed by atoms with Crippen molar-refractivity contribution in [2.45, 2.75) is 26.3 Å². The highest BCUT2D eigenvalue weighted by molar-refractivity contribution is 5.97. The van der Waals surface area contributed by atoms with Crippen LogP contribution >= 0.6 is 0 Å². The van der Waals surface area contributed by atoms with Crippen molar-refractivity contribution in [2.75, 3.05) is 0 Å². The van der Waals surface area contributed by atoms with Gasteiger partial charge in [0.15, 0.2) is 0 Å². The van der Waals surface area contributed by atoms with Crippen LogP contribution in [0, 0.1) is 5.92 Å². The highest BCUT2D eigenvalue weighted by atomic mass is 16.5. The van der Waals surface area contributed by atoms with E-state index in [2.05, 4.69) is 15.3 Å². The van der Waals surface area contributed by atoms with Gasteiger partial charge in [-0.3, -0.25) is 9.78 Å². The average molecular weight is 329 g/mol. The van der Waals surface area contributed by atoms with E-state index in [4.69, 9.17) is 4.74 Å². The molecule has 1 heterocycles. The lowest BCUT2D eigenvalue weighted by Gasteiger charge is -2.20. The van der Waals surface area contributed by atoms with Crippen molar-refractivity contribution in [1.82, 2.24) is 15.3 Å². The van der Waals surface area contributed by atoms with Crippen molar-refractivity contribution >= 4 is 11.9 Å². The minimum Gasteiger partial charge on any atom is -0.480 e. The Bertz CT molecular complexity index is 706. The monoisotopic (exact) mass is 329 g/mol. The number of aliphatic carboxylic acids is 1. The molecular formula is C17H19N3O4. The predicted molar refractivity (Wildman–Crippen MR) is 86.9 cm³/mol. The largest absolute Gasteiger partial charge is 0.480 e. The van der Waals surface area contributed by atoms with E-state index in [9.17, 15) is 14.7 Å². The normalized spacial score (nSPS) is 12.9. The van der Waals surface area contributed by atoms with E-state index in [0.717, 1.165) is 0 Å². The van der Waals surface area contributed by atoms with E-state index in [1.807, 2.05) is 6.92 Å². The maximum atomic E-state index is 12.3. The highest BCUT2D eigenvalue weighted by Gasteiger charge is 2.25. The van der Waals surface area contributed by atoms with Gasteiger partial charge >= 0.3 is 5.97 Å². The summed E-state index contributed by atoms with van der Waals surface area (Å²) in [6.07, 6.45) is 5.12. The number of carboxylic acids is 1. The van der Waals surface area contributed by atoms with Gasteiger partial charge in [-0.15, -0.1) is 0 Å². The molecule has 7 heteroatoms. The lowest BCUT2D eigenvalue weighted by Crippen LogP contribution is -2.45. The number of carbonyl (C=O) groups excluding carboxylic acids is 1. The third-order valence-electron chi connectivity index (χ3n) is 3.62. The second-order valence-electron chi connectivity index (χ2n) is 5.35. The van der Waals surface area contributed by atoms with Gasteiger partial charge < -0.3 is 15.2 Å². The summed E-state index contributed by atoms with van der Waals surface area (Å²) < 4.78 is 5.52. The number of carboxylic acid groups (broad SMARTS) is 1.